The van der Waals surface area contributed by atoms with Gasteiger partial charge in [0, 0.05) is 11.4 Å². The van der Waals surface area contributed by atoms with Gasteiger partial charge in [-0.05, 0) is 42.8 Å². The number of rotatable bonds is 11. The zero-order valence-corrected chi connectivity index (χ0v) is 16.4. The van der Waals surface area contributed by atoms with Crippen LogP contribution in [-0.2, 0) is 9.59 Å². The maximum atomic E-state index is 12.0. The lowest BCUT2D eigenvalue weighted by Crippen LogP contribution is -2.18. The van der Waals surface area contributed by atoms with Crippen molar-refractivity contribution in [3.8, 4) is 5.75 Å². The highest BCUT2D eigenvalue weighted by Gasteiger charge is 2.07. The number of para-hydroxylation sites is 1. The summed E-state index contributed by atoms with van der Waals surface area (Å²) in [5.74, 6) is 0.994. The Hall–Kier alpha value is -2.47. The number of hydrogen-bond donors (Lipinski definition) is 2. The summed E-state index contributed by atoms with van der Waals surface area (Å²) in [6, 6.07) is 16.6. The largest absolute Gasteiger partial charge is 0.494 e. The van der Waals surface area contributed by atoms with Gasteiger partial charge in [0.15, 0.2) is 0 Å². The van der Waals surface area contributed by atoms with Gasteiger partial charge in [-0.3, -0.25) is 9.59 Å². The quantitative estimate of drug-likeness (QED) is 0.555. The predicted octanol–water partition coefficient (Wildman–Crippen LogP) is 4.57. The minimum absolute atomic E-state index is 0.122. The van der Waals surface area contributed by atoms with Gasteiger partial charge in [-0.1, -0.05) is 38.0 Å². The van der Waals surface area contributed by atoms with Crippen LogP contribution < -0.4 is 15.4 Å². The zero-order chi connectivity index (χ0) is 19.3. The molecule has 0 saturated carbocycles. The van der Waals surface area contributed by atoms with Gasteiger partial charge in [0.1, 0.15) is 5.75 Å². The lowest BCUT2D eigenvalue weighted by atomic mass is 10.2. The van der Waals surface area contributed by atoms with E-state index < -0.39 is 0 Å². The molecule has 5 nitrogen and oxygen atoms in total. The maximum Gasteiger partial charge on any atom is 0.234 e. The molecule has 0 aromatic heterocycles. The molecule has 0 atom stereocenters. The van der Waals surface area contributed by atoms with Gasteiger partial charge in [0.2, 0.25) is 11.8 Å². The van der Waals surface area contributed by atoms with Gasteiger partial charge in [0.25, 0.3) is 0 Å². The summed E-state index contributed by atoms with van der Waals surface area (Å²) in [6.07, 6.45) is 3.37. The molecule has 6 heteroatoms. The lowest BCUT2D eigenvalue weighted by molar-refractivity contribution is -0.114. The number of nitrogens with one attached hydrogen (secondary N) is 2. The van der Waals surface area contributed by atoms with Crippen LogP contribution in [0.25, 0.3) is 0 Å². The first-order valence-electron chi connectivity index (χ1n) is 9.12. The van der Waals surface area contributed by atoms with Crippen LogP contribution in [0.2, 0.25) is 0 Å². The molecule has 0 aliphatic carbocycles. The van der Waals surface area contributed by atoms with Crippen molar-refractivity contribution < 1.29 is 14.3 Å². The SMILES string of the molecule is CCCCCOc1ccc(NC(=O)CSCC(=O)Nc2ccccc2)cc1. The molecule has 27 heavy (non-hydrogen) atoms. The molecule has 0 fully saturated rings. The molecule has 2 aromatic rings. The van der Waals surface area contributed by atoms with Crippen molar-refractivity contribution in [1.29, 1.82) is 0 Å². The summed E-state index contributed by atoms with van der Waals surface area (Å²) in [6.45, 7) is 2.87. The van der Waals surface area contributed by atoms with E-state index in [2.05, 4.69) is 17.6 Å². The topological polar surface area (TPSA) is 67.4 Å². The predicted molar refractivity (Wildman–Crippen MR) is 112 cm³/mol. The molecule has 0 aliphatic heterocycles. The fourth-order valence-electron chi connectivity index (χ4n) is 2.33. The van der Waals surface area contributed by atoms with Crippen molar-refractivity contribution in [2.24, 2.45) is 0 Å². The molecular formula is C21H26N2O3S. The van der Waals surface area contributed by atoms with Crippen molar-refractivity contribution in [2.45, 2.75) is 26.2 Å². The molecule has 0 heterocycles. The van der Waals surface area contributed by atoms with Gasteiger partial charge in [-0.2, -0.15) is 0 Å². The van der Waals surface area contributed by atoms with Crippen LogP contribution in [0.5, 0.6) is 5.75 Å². The molecule has 0 saturated heterocycles. The van der Waals surface area contributed by atoms with Gasteiger partial charge in [-0.25, -0.2) is 0 Å². The number of ether oxygens (including phenoxy) is 1. The first kappa shape index (κ1) is 20.8. The monoisotopic (exact) mass is 386 g/mol. The minimum Gasteiger partial charge on any atom is -0.494 e. The van der Waals surface area contributed by atoms with Gasteiger partial charge in [-0.15, -0.1) is 11.8 Å². The van der Waals surface area contributed by atoms with E-state index in [1.54, 1.807) is 0 Å². The van der Waals surface area contributed by atoms with Gasteiger partial charge < -0.3 is 15.4 Å². The number of hydrogen-bond acceptors (Lipinski definition) is 4. The first-order valence-corrected chi connectivity index (χ1v) is 10.3. The van der Waals surface area contributed by atoms with E-state index in [0.717, 1.165) is 30.0 Å². The minimum atomic E-state index is -0.135. The summed E-state index contributed by atoms with van der Waals surface area (Å²) in [5.41, 5.74) is 1.47. The second kappa shape index (κ2) is 12.0. The molecule has 2 amide bonds. The van der Waals surface area contributed by atoms with E-state index in [1.165, 1.54) is 18.2 Å². The van der Waals surface area contributed by atoms with Crippen LogP contribution in [-0.4, -0.2) is 29.9 Å². The highest BCUT2D eigenvalue weighted by Crippen LogP contribution is 2.16. The Bertz CT molecular complexity index is 705. The fourth-order valence-corrected chi connectivity index (χ4v) is 2.95. The molecular weight excluding hydrogens is 360 g/mol. The number of carbonyl (C=O) groups excluding carboxylic acids is 2. The normalized spacial score (nSPS) is 10.3. The van der Waals surface area contributed by atoms with Crippen LogP contribution in [0.3, 0.4) is 0 Å². The highest BCUT2D eigenvalue weighted by atomic mass is 32.2. The van der Waals surface area contributed by atoms with Crippen LogP contribution in [0.15, 0.2) is 54.6 Å². The second-order valence-corrected chi connectivity index (χ2v) is 7.02. The van der Waals surface area contributed by atoms with Crippen LogP contribution in [0.1, 0.15) is 26.2 Å². The average molecular weight is 387 g/mol. The summed E-state index contributed by atoms with van der Waals surface area (Å²) in [7, 11) is 0. The number of benzene rings is 2. The third-order valence-corrected chi connectivity index (χ3v) is 4.61. The number of amides is 2. The molecule has 144 valence electrons. The summed E-state index contributed by atoms with van der Waals surface area (Å²) in [4.78, 5) is 23.8. The Morgan fingerprint density at radius 1 is 0.852 bits per heavy atom. The number of carbonyl (C=O) groups is 2. The third kappa shape index (κ3) is 8.64. The summed E-state index contributed by atoms with van der Waals surface area (Å²) < 4.78 is 5.65. The van der Waals surface area contributed by atoms with E-state index in [1.807, 2.05) is 54.6 Å². The maximum absolute atomic E-state index is 12.0. The molecule has 0 radical (unpaired) electrons. The summed E-state index contributed by atoms with van der Waals surface area (Å²) >= 11 is 1.28. The number of thioether (sulfide) groups is 1. The Labute approximate surface area is 164 Å². The van der Waals surface area contributed by atoms with Crippen molar-refractivity contribution >= 4 is 35.0 Å². The first-order chi connectivity index (χ1) is 13.2. The van der Waals surface area contributed by atoms with Gasteiger partial charge in [0.05, 0.1) is 18.1 Å². The number of anilines is 2. The van der Waals surface area contributed by atoms with Crippen LogP contribution in [0.4, 0.5) is 11.4 Å². The van der Waals surface area contributed by atoms with Crippen molar-refractivity contribution in [2.75, 3.05) is 28.7 Å². The Morgan fingerprint density at radius 3 is 2.04 bits per heavy atom. The smallest absolute Gasteiger partial charge is 0.234 e. The van der Waals surface area contributed by atoms with E-state index in [-0.39, 0.29) is 23.3 Å². The second-order valence-electron chi connectivity index (χ2n) is 6.04. The zero-order valence-electron chi connectivity index (χ0n) is 15.6. The third-order valence-electron chi connectivity index (χ3n) is 3.68. The van der Waals surface area contributed by atoms with Crippen LogP contribution in [0, 0.1) is 0 Å². The van der Waals surface area contributed by atoms with E-state index in [0.29, 0.717) is 6.61 Å². The standard InChI is InChI=1S/C21H26N2O3S/c1-2-3-7-14-26-19-12-10-18(11-13-19)23-21(25)16-27-15-20(24)22-17-8-5-4-6-9-17/h4-6,8-13H,2-3,7,14-16H2,1H3,(H,22,24)(H,23,25). The van der Waals surface area contributed by atoms with Crippen molar-refractivity contribution in [3.63, 3.8) is 0 Å². The van der Waals surface area contributed by atoms with Crippen LogP contribution >= 0.6 is 11.8 Å². The molecule has 2 aromatic carbocycles. The fraction of sp³-hybridized carbons (Fsp3) is 0.333. The Morgan fingerprint density at radius 2 is 1.44 bits per heavy atom. The Balaban J connectivity index is 1.64. The highest BCUT2D eigenvalue weighted by molar-refractivity contribution is 8.00. The molecule has 0 spiro atoms. The van der Waals surface area contributed by atoms with Crippen molar-refractivity contribution in [1.82, 2.24) is 0 Å². The van der Waals surface area contributed by atoms with E-state index in [4.69, 9.17) is 4.74 Å². The molecule has 0 bridgehead atoms. The molecule has 2 rings (SSSR count). The summed E-state index contributed by atoms with van der Waals surface area (Å²) in [5, 5.41) is 5.61. The van der Waals surface area contributed by atoms with E-state index in [9.17, 15) is 9.59 Å². The van der Waals surface area contributed by atoms with E-state index >= 15 is 0 Å². The average Bonchev–Trinajstić information content (AvgIpc) is 2.67. The Kier molecular flexibility index (Phi) is 9.27. The molecule has 0 aliphatic rings. The van der Waals surface area contributed by atoms with Crippen molar-refractivity contribution in [3.05, 3.63) is 54.6 Å². The van der Waals surface area contributed by atoms with Gasteiger partial charge >= 0.3 is 0 Å². The molecule has 0 unspecified atom stereocenters. The molecule has 2 N–H and O–H groups in total. The lowest BCUT2D eigenvalue weighted by Gasteiger charge is -2.08. The number of unbranched alkanes of at least 4 members (excludes halogenated alkanes) is 2.